The lowest BCUT2D eigenvalue weighted by atomic mass is 10.1. The summed E-state index contributed by atoms with van der Waals surface area (Å²) in [6.07, 6.45) is 0. The summed E-state index contributed by atoms with van der Waals surface area (Å²) in [5, 5.41) is 0. The zero-order valence-corrected chi connectivity index (χ0v) is 12.3. The number of carbonyl (C=O) groups excluding carboxylic acids is 1. The van der Waals surface area contributed by atoms with E-state index in [1.807, 2.05) is 24.3 Å². The van der Waals surface area contributed by atoms with E-state index in [9.17, 15) is 9.18 Å². The lowest BCUT2D eigenvalue weighted by molar-refractivity contribution is 0.0784. The summed E-state index contributed by atoms with van der Waals surface area (Å²) >= 11 is 0. The number of carbonyl (C=O) groups is 1. The third-order valence-corrected chi connectivity index (χ3v) is 3.41. The summed E-state index contributed by atoms with van der Waals surface area (Å²) in [4.78, 5) is 14.0. The van der Waals surface area contributed by atoms with Crippen LogP contribution < -0.4 is 5.73 Å². The molecule has 0 bridgehead atoms. The summed E-state index contributed by atoms with van der Waals surface area (Å²) in [5.41, 5.74) is 8.84. The number of hydrogen-bond donors (Lipinski definition) is 1. The molecule has 2 aromatic carbocycles. The van der Waals surface area contributed by atoms with E-state index in [2.05, 4.69) is 0 Å². The van der Waals surface area contributed by atoms with Gasteiger partial charge in [-0.2, -0.15) is 0 Å². The molecule has 0 atom stereocenters. The molecule has 0 spiro atoms. The molecule has 1 amide bonds. The predicted molar refractivity (Wildman–Crippen MR) is 81.3 cm³/mol. The van der Waals surface area contributed by atoms with Crippen molar-refractivity contribution in [3.8, 4) is 0 Å². The summed E-state index contributed by atoms with van der Waals surface area (Å²) in [6, 6.07) is 12.0. The second-order valence-corrected chi connectivity index (χ2v) is 5.14. The third kappa shape index (κ3) is 3.67. The van der Waals surface area contributed by atoms with Crippen LogP contribution >= 0.6 is 0 Å². The second kappa shape index (κ2) is 6.50. The van der Waals surface area contributed by atoms with Crippen LogP contribution in [0.25, 0.3) is 0 Å². The molecule has 110 valence electrons. The van der Waals surface area contributed by atoms with E-state index in [1.54, 1.807) is 18.9 Å². The van der Waals surface area contributed by atoms with Crippen LogP contribution in [0.3, 0.4) is 0 Å². The van der Waals surface area contributed by atoms with Crippen molar-refractivity contribution in [1.82, 2.24) is 4.90 Å². The van der Waals surface area contributed by atoms with E-state index in [4.69, 9.17) is 5.73 Å². The molecule has 0 aliphatic heterocycles. The van der Waals surface area contributed by atoms with Crippen LogP contribution in [0.5, 0.6) is 0 Å². The van der Waals surface area contributed by atoms with Gasteiger partial charge >= 0.3 is 0 Å². The average molecular weight is 286 g/mol. The van der Waals surface area contributed by atoms with Crippen molar-refractivity contribution in [3.63, 3.8) is 0 Å². The number of benzene rings is 2. The van der Waals surface area contributed by atoms with Crippen LogP contribution in [0.1, 0.15) is 27.0 Å². The maximum atomic E-state index is 13.1. The van der Waals surface area contributed by atoms with Gasteiger partial charge in [0.15, 0.2) is 0 Å². The van der Waals surface area contributed by atoms with E-state index in [0.29, 0.717) is 24.2 Å². The van der Waals surface area contributed by atoms with Crippen LogP contribution in [0, 0.1) is 12.7 Å². The molecule has 4 heteroatoms. The number of rotatable bonds is 4. The van der Waals surface area contributed by atoms with E-state index in [-0.39, 0.29) is 11.7 Å². The number of aryl methyl sites for hydroxylation is 1. The molecule has 2 rings (SSSR count). The first-order valence-electron chi connectivity index (χ1n) is 6.80. The van der Waals surface area contributed by atoms with Crippen molar-refractivity contribution in [2.24, 2.45) is 5.73 Å². The highest BCUT2D eigenvalue weighted by Gasteiger charge is 2.14. The maximum Gasteiger partial charge on any atom is 0.254 e. The van der Waals surface area contributed by atoms with Crippen LogP contribution in [-0.2, 0) is 13.1 Å². The molecule has 0 fully saturated rings. The quantitative estimate of drug-likeness (QED) is 0.939. The van der Waals surface area contributed by atoms with Gasteiger partial charge in [0.2, 0.25) is 0 Å². The Hall–Kier alpha value is -2.20. The Bertz CT molecular complexity index is 655. The smallest absolute Gasteiger partial charge is 0.254 e. The van der Waals surface area contributed by atoms with Crippen LogP contribution in [-0.4, -0.2) is 17.9 Å². The van der Waals surface area contributed by atoms with Crippen LogP contribution in [0.15, 0.2) is 42.5 Å². The lowest BCUT2D eigenvalue weighted by Gasteiger charge is -2.19. The fraction of sp³-hybridized carbons (Fsp3) is 0.235. The average Bonchev–Trinajstić information content (AvgIpc) is 2.46. The van der Waals surface area contributed by atoms with Gasteiger partial charge in [0.1, 0.15) is 5.82 Å². The number of nitrogens with two attached hydrogens (primary N) is 1. The summed E-state index contributed by atoms with van der Waals surface area (Å²) in [6.45, 7) is 2.70. The van der Waals surface area contributed by atoms with Gasteiger partial charge in [-0.25, -0.2) is 4.39 Å². The number of nitrogens with zero attached hydrogens (tertiary/aromatic N) is 1. The van der Waals surface area contributed by atoms with Crippen molar-refractivity contribution in [1.29, 1.82) is 0 Å². The van der Waals surface area contributed by atoms with Gasteiger partial charge in [0, 0.05) is 25.7 Å². The molecular weight excluding hydrogens is 267 g/mol. The summed E-state index contributed by atoms with van der Waals surface area (Å²) < 4.78 is 13.1. The molecule has 21 heavy (non-hydrogen) atoms. The largest absolute Gasteiger partial charge is 0.337 e. The lowest BCUT2D eigenvalue weighted by Crippen LogP contribution is -2.27. The van der Waals surface area contributed by atoms with Crippen molar-refractivity contribution in [2.75, 3.05) is 7.05 Å². The zero-order valence-electron chi connectivity index (χ0n) is 12.3. The first kappa shape index (κ1) is 15.2. The van der Waals surface area contributed by atoms with Gasteiger partial charge in [-0.05, 0) is 41.8 Å². The zero-order chi connectivity index (χ0) is 15.4. The highest BCUT2D eigenvalue weighted by molar-refractivity contribution is 5.95. The SMILES string of the molecule is Cc1cc(F)ccc1C(=O)N(C)Cc1cccc(CN)c1. The standard InChI is InChI=1S/C17H19FN2O/c1-12-8-15(18)6-7-16(12)17(21)20(2)11-14-5-3-4-13(9-14)10-19/h3-9H,10-11,19H2,1-2H3. The Balaban J connectivity index is 2.15. The van der Waals surface area contributed by atoms with Gasteiger partial charge < -0.3 is 10.6 Å². The Morgan fingerprint density at radius 1 is 1.19 bits per heavy atom. The highest BCUT2D eigenvalue weighted by atomic mass is 19.1. The summed E-state index contributed by atoms with van der Waals surface area (Å²) in [5.74, 6) is -0.451. The van der Waals surface area contributed by atoms with E-state index < -0.39 is 0 Å². The minimum absolute atomic E-state index is 0.120. The van der Waals surface area contributed by atoms with Crippen molar-refractivity contribution < 1.29 is 9.18 Å². The second-order valence-electron chi connectivity index (χ2n) is 5.14. The molecule has 0 heterocycles. The molecule has 0 unspecified atom stereocenters. The van der Waals surface area contributed by atoms with Gasteiger partial charge in [-0.3, -0.25) is 4.79 Å². The highest BCUT2D eigenvalue weighted by Crippen LogP contribution is 2.14. The molecular formula is C17H19FN2O. The number of amides is 1. The van der Waals surface area contributed by atoms with Gasteiger partial charge in [0.25, 0.3) is 5.91 Å². The van der Waals surface area contributed by atoms with E-state index >= 15 is 0 Å². The van der Waals surface area contributed by atoms with Gasteiger partial charge in [0.05, 0.1) is 0 Å². The third-order valence-electron chi connectivity index (χ3n) is 3.41. The van der Waals surface area contributed by atoms with Gasteiger partial charge in [-0.1, -0.05) is 24.3 Å². The molecule has 2 aromatic rings. The van der Waals surface area contributed by atoms with Crippen LogP contribution in [0.4, 0.5) is 4.39 Å². The number of halogens is 1. The first-order chi connectivity index (χ1) is 10.0. The molecule has 2 N–H and O–H groups in total. The monoisotopic (exact) mass is 286 g/mol. The van der Waals surface area contributed by atoms with Crippen molar-refractivity contribution >= 4 is 5.91 Å². The minimum atomic E-state index is -0.331. The molecule has 0 saturated carbocycles. The molecule has 0 radical (unpaired) electrons. The molecule has 0 aliphatic rings. The normalized spacial score (nSPS) is 10.5. The van der Waals surface area contributed by atoms with Crippen molar-refractivity contribution in [2.45, 2.75) is 20.0 Å². The maximum absolute atomic E-state index is 13.1. The molecule has 3 nitrogen and oxygen atoms in total. The Morgan fingerprint density at radius 3 is 2.57 bits per heavy atom. The van der Waals surface area contributed by atoms with Crippen LogP contribution in [0.2, 0.25) is 0 Å². The Morgan fingerprint density at radius 2 is 1.90 bits per heavy atom. The Kier molecular flexibility index (Phi) is 4.70. The topological polar surface area (TPSA) is 46.3 Å². The van der Waals surface area contributed by atoms with Crippen molar-refractivity contribution in [3.05, 3.63) is 70.5 Å². The summed E-state index contributed by atoms with van der Waals surface area (Å²) in [7, 11) is 1.74. The van der Waals surface area contributed by atoms with E-state index in [1.165, 1.54) is 18.2 Å². The van der Waals surface area contributed by atoms with Gasteiger partial charge in [-0.15, -0.1) is 0 Å². The fourth-order valence-corrected chi connectivity index (χ4v) is 2.27. The molecule has 0 aromatic heterocycles. The molecule has 0 aliphatic carbocycles. The Labute approximate surface area is 124 Å². The van der Waals surface area contributed by atoms with E-state index in [0.717, 1.165) is 11.1 Å². The first-order valence-corrected chi connectivity index (χ1v) is 6.80. The molecule has 0 saturated heterocycles. The fourth-order valence-electron chi connectivity index (χ4n) is 2.27. The minimum Gasteiger partial charge on any atom is -0.337 e. The predicted octanol–water partition coefficient (Wildman–Crippen LogP) is 2.87. The number of hydrogen-bond acceptors (Lipinski definition) is 2.